The number of phenols is 1. The molecule has 3 nitrogen and oxygen atoms in total. The average molecular weight is 219 g/mol. The molecule has 0 atom stereocenters. The number of pyridine rings is 1. The van der Waals surface area contributed by atoms with Crippen molar-refractivity contribution >= 4 is 0 Å². The van der Waals surface area contributed by atoms with E-state index < -0.39 is 5.82 Å². The highest BCUT2D eigenvalue weighted by atomic mass is 19.1. The summed E-state index contributed by atoms with van der Waals surface area (Å²) < 4.78 is 18.5. The molecule has 0 aliphatic heterocycles. The van der Waals surface area contributed by atoms with Crippen LogP contribution in [0.4, 0.5) is 4.39 Å². The number of halogens is 1. The molecule has 4 heteroatoms. The molecular weight excluding hydrogens is 209 g/mol. The topological polar surface area (TPSA) is 42.4 Å². The summed E-state index contributed by atoms with van der Waals surface area (Å²) in [5, 5.41) is 9.11. The van der Waals surface area contributed by atoms with Gasteiger partial charge in [-0.25, -0.2) is 9.37 Å². The summed E-state index contributed by atoms with van der Waals surface area (Å²) in [6.45, 7) is 0. The van der Waals surface area contributed by atoms with Crippen molar-refractivity contribution in [1.29, 1.82) is 0 Å². The molecule has 1 aromatic carbocycles. The van der Waals surface area contributed by atoms with E-state index in [-0.39, 0.29) is 5.75 Å². The van der Waals surface area contributed by atoms with E-state index in [4.69, 9.17) is 9.84 Å². The number of nitrogens with zero attached hydrogens (tertiary/aromatic N) is 1. The SMILES string of the molecule is COc1cc(-c2ccc(O)cc2F)ccn1. The fourth-order valence-corrected chi connectivity index (χ4v) is 1.43. The molecule has 0 bridgehead atoms. The molecule has 16 heavy (non-hydrogen) atoms. The van der Waals surface area contributed by atoms with Crippen molar-refractivity contribution in [2.75, 3.05) is 7.11 Å². The van der Waals surface area contributed by atoms with Crippen molar-refractivity contribution in [2.24, 2.45) is 0 Å². The summed E-state index contributed by atoms with van der Waals surface area (Å²) in [5.74, 6) is -0.152. The molecule has 0 unspecified atom stereocenters. The maximum absolute atomic E-state index is 13.6. The minimum atomic E-state index is -0.478. The summed E-state index contributed by atoms with van der Waals surface area (Å²) >= 11 is 0. The van der Waals surface area contributed by atoms with Gasteiger partial charge in [0.05, 0.1) is 7.11 Å². The normalized spacial score (nSPS) is 10.1. The fraction of sp³-hybridized carbons (Fsp3) is 0.0833. The van der Waals surface area contributed by atoms with Gasteiger partial charge in [-0.05, 0) is 23.8 Å². The molecule has 0 spiro atoms. The molecular formula is C12H10FNO2. The molecule has 2 aromatic rings. The van der Waals surface area contributed by atoms with Crippen LogP contribution in [0.5, 0.6) is 11.6 Å². The highest BCUT2D eigenvalue weighted by Gasteiger charge is 2.07. The summed E-state index contributed by atoms with van der Waals surface area (Å²) in [4.78, 5) is 3.94. The third-order valence-electron chi connectivity index (χ3n) is 2.21. The lowest BCUT2D eigenvalue weighted by atomic mass is 10.1. The van der Waals surface area contributed by atoms with Gasteiger partial charge < -0.3 is 9.84 Å². The van der Waals surface area contributed by atoms with Crippen LogP contribution in [0.1, 0.15) is 0 Å². The molecule has 0 fully saturated rings. The van der Waals surface area contributed by atoms with E-state index >= 15 is 0 Å². The molecule has 1 aromatic heterocycles. The van der Waals surface area contributed by atoms with Crippen molar-refractivity contribution in [2.45, 2.75) is 0 Å². The number of methoxy groups -OCH3 is 1. The van der Waals surface area contributed by atoms with Gasteiger partial charge in [0.25, 0.3) is 0 Å². The maximum Gasteiger partial charge on any atom is 0.213 e. The van der Waals surface area contributed by atoms with Gasteiger partial charge in [0.15, 0.2) is 0 Å². The number of phenolic OH excluding ortho intramolecular Hbond substituents is 1. The number of rotatable bonds is 2. The third-order valence-corrected chi connectivity index (χ3v) is 2.21. The molecule has 0 aliphatic rings. The standard InChI is InChI=1S/C12H10FNO2/c1-16-12-6-8(4-5-14-12)10-3-2-9(15)7-11(10)13/h2-7,15H,1H3. The summed E-state index contributed by atoms with van der Waals surface area (Å²) in [7, 11) is 1.50. The van der Waals surface area contributed by atoms with E-state index in [9.17, 15) is 4.39 Å². The number of aromatic hydroxyl groups is 1. The van der Waals surface area contributed by atoms with Crippen LogP contribution in [0.25, 0.3) is 11.1 Å². The lowest BCUT2D eigenvalue weighted by molar-refractivity contribution is 0.398. The second-order valence-corrected chi connectivity index (χ2v) is 3.25. The summed E-state index contributed by atoms with van der Waals surface area (Å²) in [6, 6.07) is 7.33. The van der Waals surface area contributed by atoms with E-state index in [0.29, 0.717) is 17.0 Å². The number of hydrogen-bond donors (Lipinski definition) is 1. The zero-order valence-corrected chi connectivity index (χ0v) is 8.64. The first-order chi connectivity index (χ1) is 7.70. The second-order valence-electron chi connectivity index (χ2n) is 3.25. The Morgan fingerprint density at radius 3 is 2.75 bits per heavy atom. The van der Waals surface area contributed by atoms with E-state index in [1.807, 2.05) is 0 Å². The summed E-state index contributed by atoms with van der Waals surface area (Å²) in [6.07, 6.45) is 1.54. The predicted molar refractivity (Wildman–Crippen MR) is 57.8 cm³/mol. The van der Waals surface area contributed by atoms with Gasteiger partial charge in [-0.15, -0.1) is 0 Å². The van der Waals surface area contributed by atoms with Crippen LogP contribution in [0.3, 0.4) is 0 Å². The van der Waals surface area contributed by atoms with Crippen molar-refractivity contribution in [3.63, 3.8) is 0 Å². The Labute approximate surface area is 92.1 Å². The predicted octanol–water partition coefficient (Wildman–Crippen LogP) is 2.60. The Bertz CT molecular complexity index is 514. The number of ether oxygens (including phenoxy) is 1. The molecule has 0 saturated heterocycles. The largest absolute Gasteiger partial charge is 0.508 e. The second kappa shape index (κ2) is 4.18. The van der Waals surface area contributed by atoms with Gasteiger partial charge in [0, 0.05) is 23.9 Å². The van der Waals surface area contributed by atoms with Gasteiger partial charge in [-0.1, -0.05) is 0 Å². The Morgan fingerprint density at radius 2 is 2.06 bits per heavy atom. The molecule has 1 N–H and O–H groups in total. The van der Waals surface area contributed by atoms with Gasteiger partial charge in [0.1, 0.15) is 11.6 Å². The zero-order chi connectivity index (χ0) is 11.5. The van der Waals surface area contributed by atoms with Crippen LogP contribution < -0.4 is 4.74 Å². The molecule has 2 rings (SSSR count). The quantitative estimate of drug-likeness (QED) is 0.844. The average Bonchev–Trinajstić information content (AvgIpc) is 2.29. The molecule has 82 valence electrons. The third kappa shape index (κ3) is 1.95. The lowest BCUT2D eigenvalue weighted by Gasteiger charge is -2.05. The first kappa shape index (κ1) is 10.4. The van der Waals surface area contributed by atoms with Crippen molar-refractivity contribution < 1.29 is 14.2 Å². The minimum Gasteiger partial charge on any atom is -0.508 e. The van der Waals surface area contributed by atoms with E-state index in [2.05, 4.69) is 4.98 Å². The van der Waals surface area contributed by atoms with Crippen LogP contribution in [-0.2, 0) is 0 Å². The van der Waals surface area contributed by atoms with Crippen LogP contribution >= 0.6 is 0 Å². The molecule has 0 saturated carbocycles. The minimum absolute atomic E-state index is 0.0951. The van der Waals surface area contributed by atoms with Crippen molar-refractivity contribution in [3.8, 4) is 22.8 Å². The van der Waals surface area contributed by atoms with Crippen LogP contribution in [0, 0.1) is 5.82 Å². The van der Waals surface area contributed by atoms with Crippen LogP contribution in [-0.4, -0.2) is 17.2 Å². The molecule has 0 amide bonds. The Kier molecular flexibility index (Phi) is 2.72. The molecule has 0 aliphatic carbocycles. The number of aromatic nitrogens is 1. The van der Waals surface area contributed by atoms with E-state index in [1.165, 1.54) is 19.2 Å². The van der Waals surface area contributed by atoms with E-state index in [0.717, 1.165) is 6.07 Å². The first-order valence-corrected chi connectivity index (χ1v) is 4.69. The highest BCUT2D eigenvalue weighted by molar-refractivity contribution is 5.65. The fourth-order valence-electron chi connectivity index (χ4n) is 1.43. The maximum atomic E-state index is 13.6. The molecule has 1 heterocycles. The highest BCUT2D eigenvalue weighted by Crippen LogP contribution is 2.27. The lowest BCUT2D eigenvalue weighted by Crippen LogP contribution is -1.89. The smallest absolute Gasteiger partial charge is 0.213 e. The van der Waals surface area contributed by atoms with Gasteiger partial charge >= 0.3 is 0 Å². The van der Waals surface area contributed by atoms with Crippen LogP contribution in [0.15, 0.2) is 36.5 Å². The monoisotopic (exact) mass is 219 g/mol. The van der Waals surface area contributed by atoms with Gasteiger partial charge in [0.2, 0.25) is 5.88 Å². The zero-order valence-electron chi connectivity index (χ0n) is 8.64. The Balaban J connectivity index is 2.49. The van der Waals surface area contributed by atoms with Gasteiger partial charge in [-0.3, -0.25) is 0 Å². The van der Waals surface area contributed by atoms with Crippen LogP contribution in [0.2, 0.25) is 0 Å². The number of benzene rings is 1. The Hall–Kier alpha value is -2.10. The first-order valence-electron chi connectivity index (χ1n) is 4.69. The van der Waals surface area contributed by atoms with E-state index in [1.54, 1.807) is 18.3 Å². The Morgan fingerprint density at radius 1 is 1.25 bits per heavy atom. The van der Waals surface area contributed by atoms with Gasteiger partial charge in [-0.2, -0.15) is 0 Å². The van der Waals surface area contributed by atoms with Crippen molar-refractivity contribution in [1.82, 2.24) is 4.98 Å². The summed E-state index contributed by atoms with van der Waals surface area (Å²) in [5.41, 5.74) is 1.06. The molecule has 0 radical (unpaired) electrons. The number of hydrogen-bond acceptors (Lipinski definition) is 3. The van der Waals surface area contributed by atoms with Crippen molar-refractivity contribution in [3.05, 3.63) is 42.3 Å².